The van der Waals surface area contributed by atoms with Gasteiger partial charge < -0.3 is 10.2 Å². The van der Waals surface area contributed by atoms with Crippen molar-refractivity contribution in [3.63, 3.8) is 0 Å². The fraction of sp³-hybridized carbons (Fsp3) is 0.611. The summed E-state index contributed by atoms with van der Waals surface area (Å²) in [6, 6.07) is -0.116. The van der Waals surface area contributed by atoms with Crippen molar-refractivity contribution < 1.29 is 18.0 Å². The van der Waals surface area contributed by atoms with Crippen molar-refractivity contribution in [1.29, 1.82) is 0 Å². The summed E-state index contributed by atoms with van der Waals surface area (Å²) >= 11 is 0. The lowest BCUT2D eigenvalue weighted by atomic mass is 10.0. The summed E-state index contributed by atoms with van der Waals surface area (Å²) in [6.45, 7) is 6.28. The number of amides is 2. The van der Waals surface area contributed by atoms with Gasteiger partial charge in [0.15, 0.2) is 5.69 Å². The first kappa shape index (κ1) is 21.5. The van der Waals surface area contributed by atoms with Crippen LogP contribution in [0.5, 0.6) is 0 Å². The maximum atomic E-state index is 13.0. The molecule has 0 saturated carbocycles. The molecule has 3 rings (SSSR count). The number of likely N-dealkylation sites (tertiary alicyclic amines) is 1. The van der Waals surface area contributed by atoms with E-state index in [2.05, 4.69) is 31.7 Å². The molecular formula is C18H28N6O4S. The largest absolute Gasteiger partial charge is 0.350 e. The van der Waals surface area contributed by atoms with E-state index in [1.807, 2.05) is 11.0 Å². The lowest BCUT2D eigenvalue weighted by molar-refractivity contribution is -0.136. The van der Waals surface area contributed by atoms with Gasteiger partial charge in [-0.05, 0) is 32.9 Å². The molecule has 11 heteroatoms. The van der Waals surface area contributed by atoms with Gasteiger partial charge in [-0.3, -0.25) is 19.6 Å². The second-order valence-corrected chi connectivity index (χ2v) is 9.31. The monoisotopic (exact) mass is 424 g/mol. The van der Waals surface area contributed by atoms with Crippen molar-refractivity contribution >= 4 is 21.8 Å². The normalized spacial score (nSPS) is 19.8. The molecule has 10 nitrogen and oxygen atoms in total. The molecule has 1 fully saturated rings. The molecule has 1 aromatic heterocycles. The van der Waals surface area contributed by atoms with Gasteiger partial charge in [0.25, 0.3) is 5.91 Å². The lowest BCUT2D eigenvalue weighted by Gasteiger charge is -2.32. The minimum Gasteiger partial charge on any atom is -0.350 e. The molecule has 0 spiro atoms. The smallest absolute Gasteiger partial charge is 0.272 e. The van der Waals surface area contributed by atoms with Crippen LogP contribution in [-0.2, 0) is 27.8 Å². The molecule has 0 radical (unpaired) electrons. The molecule has 29 heavy (non-hydrogen) atoms. The number of H-pyrrole nitrogens is 1. The molecule has 0 aliphatic carbocycles. The number of carbonyl (C=O) groups is 2. The Bertz CT molecular complexity index is 881. The molecule has 2 aliphatic heterocycles. The van der Waals surface area contributed by atoms with Crippen LogP contribution in [0, 0.1) is 0 Å². The van der Waals surface area contributed by atoms with Gasteiger partial charge in [0.05, 0.1) is 24.0 Å². The lowest BCUT2D eigenvalue weighted by Crippen LogP contribution is -2.47. The summed E-state index contributed by atoms with van der Waals surface area (Å²) in [4.78, 5) is 29.3. The Kier molecular flexibility index (Phi) is 6.70. The second-order valence-electron chi connectivity index (χ2n) is 7.26. The third-order valence-electron chi connectivity index (χ3n) is 5.44. The van der Waals surface area contributed by atoms with Gasteiger partial charge >= 0.3 is 0 Å². The third kappa shape index (κ3) is 4.85. The number of nitrogens with zero attached hydrogens (tertiary/aromatic N) is 3. The first-order valence-corrected chi connectivity index (χ1v) is 11.4. The summed E-state index contributed by atoms with van der Waals surface area (Å²) < 4.78 is 25.1. The van der Waals surface area contributed by atoms with E-state index < -0.39 is 15.9 Å². The maximum absolute atomic E-state index is 13.0. The first-order chi connectivity index (χ1) is 13.9. The summed E-state index contributed by atoms with van der Waals surface area (Å²) in [7, 11) is -2.05. The summed E-state index contributed by atoms with van der Waals surface area (Å²) in [6.07, 6.45) is 4.20. The predicted octanol–water partition coefficient (Wildman–Crippen LogP) is -0.776. The molecule has 0 unspecified atom stereocenters. The summed E-state index contributed by atoms with van der Waals surface area (Å²) in [5, 5.41) is 9.56. The van der Waals surface area contributed by atoms with Gasteiger partial charge in [-0.2, -0.15) is 5.10 Å². The number of aromatic nitrogens is 2. The van der Waals surface area contributed by atoms with Gasteiger partial charge in [-0.25, -0.2) is 13.1 Å². The molecule has 1 saturated heterocycles. The zero-order valence-electron chi connectivity index (χ0n) is 16.6. The van der Waals surface area contributed by atoms with Crippen molar-refractivity contribution in [3.8, 4) is 0 Å². The molecule has 0 bridgehead atoms. The number of hydrogen-bond donors (Lipinski definition) is 3. The molecule has 2 aliphatic rings. The summed E-state index contributed by atoms with van der Waals surface area (Å²) in [5.74, 6) is -0.512. The Morgan fingerprint density at radius 3 is 2.90 bits per heavy atom. The van der Waals surface area contributed by atoms with Crippen molar-refractivity contribution in [2.24, 2.45) is 0 Å². The van der Waals surface area contributed by atoms with Crippen LogP contribution in [0.15, 0.2) is 12.7 Å². The summed E-state index contributed by atoms with van der Waals surface area (Å²) in [5.41, 5.74) is 1.81. The highest BCUT2D eigenvalue weighted by atomic mass is 32.2. The van der Waals surface area contributed by atoms with E-state index in [9.17, 15) is 18.0 Å². The van der Waals surface area contributed by atoms with Gasteiger partial charge in [-0.1, -0.05) is 6.08 Å². The van der Waals surface area contributed by atoms with Gasteiger partial charge in [0.2, 0.25) is 15.9 Å². The number of aromatic amines is 1. The van der Waals surface area contributed by atoms with Crippen LogP contribution in [-0.4, -0.2) is 85.3 Å². The number of carbonyl (C=O) groups excluding carboxylic acids is 2. The standard InChI is InChI=1S/C18H28N6O4S/c1-3-8-23-9-4-5-15(23)18(26)24-10-6-13-14(12-24)21-22-16(13)17(25)20-7-11-29(27,28)19-2/h3,15,19H,1,4-12H2,2H3,(H,20,25)(H,21,22)/t15-/m0/s1. The Hall–Kier alpha value is -2.24. The average Bonchev–Trinajstić information content (AvgIpc) is 3.34. The van der Waals surface area contributed by atoms with E-state index in [1.54, 1.807) is 0 Å². The zero-order chi connectivity index (χ0) is 21.0. The Morgan fingerprint density at radius 1 is 1.38 bits per heavy atom. The minimum absolute atomic E-state index is 0.00489. The first-order valence-electron chi connectivity index (χ1n) is 9.75. The minimum atomic E-state index is -3.38. The highest BCUT2D eigenvalue weighted by Crippen LogP contribution is 2.24. The molecule has 1 atom stereocenters. The van der Waals surface area contributed by atoms with Crippen LogP contribution in [0.2, 0.25) is 0 Å². The van der Waals surface area contributed by atoms with Crippen molar-refractivity contribution in [2.75, 3.05) is 39.0 Å². The Morgan fingerprint density at radius 2 is 2.17 bits per heavy atom. The van der Waals surface area contributed by atoms with E-state index in [0.717, 1.165) is 30.6 Å². The third-order valence-corrected chi connectivity index (χ3v) is 6.80. The van der Waals surface area contributed by atoms with E-state index >= 15 is 0 Å². The van der Waals surface area contributed by atoms with Gasteiger partial charge in [0, 0.05) is 25.2 Å². The molecule has 3 N–H and O–H groups in total. The van der Waals surface area contributed by atoms with E-state index in [-0.39, 0.29) is 29.9 Å². The van der Waals surface area contributed by atoms with Crippen LogP contribution < -0.4 is 10.0 Å². The molecule has 3 heterocycles. The van der Waals surface area contributed by atoms with Crippen LogP contribution in [0.25, 0.3) is 0 Å². The molecule has 0 aromatic carbocycles. The predicted molar refractivity (Wildman–Crippen MR) is 108 cm³/mol. The molecule has 160 valence electrons. The van der Waals surface area contributed by atoms with Crippen LogP contribution in [0.4, 0.5) is 0 Å². The van der Waals surface area contributed by atoms with Gasteiger partial charge in [-0.15, -0.1) is 6.58 Å². The average molecular weight is 425 g/mol. The number of fused-ring (bicyclic) bond motifs is 1. The fourth-order valence-electron chi connectivity index (χ4n) is 3.88. The second kappa shape index (κ2) is 9.06. The maximum Gasteiger partial charge on any atom is 0.272 e. The van der Waals surface area contributed by atoms with Crippen molar-refractivity contribution in [1.82, 2.24) is 30.0 Å². The van der Waals surface area contributed by atoms with Crippen molar-refractivity contribution in [3.05, 3.63) is 29.6 Å². The van der Waals surface area contributed by atoms with Crippen LogP contribution in [0.1, 0.15) is 34.6 Å². The zero-order valence-corrected chi connectivity index (χ0v) is 17.4. The number of hydrogen-bond acceptors (Lipinski definition) is 6. The highest BCUT2D eigenvalue weighted by Gasteiger charge is 2.35. The molecule has 1 aromatic rings. The SMILES string of the molecule is C=CCN1CCC[C@H]1C(=O)N1CCc2c(C(=O)NCCS(=O)(=O)NC)n[nH]c2C1. The fourth-order valence-corrected chi connectivity index (χ4v) is 4.45. The topological polar surface area (TPSA) is 128 Å². The molecular weight excluding hydrogens is 396 g/mol. The Balaban J connectivity index is 1.61. The highest BCUT2D eigenvalue weighted by molar-refractivity contribution is 7.89. The van der Waals surface area contributed by atoms with E-state index in [0.29, 0.717) is 26.1 Å². The number of nitrogens with one attached hydrogen (secondary N) is 3. The number of sulfonamides is 1. The van der Waals surface area contributed by atoms with E-state index in [1.165, 1.54) is 7.05 Å². The molecule has 2 amide bonds. The number of rotatable bonds is 8. The van der Waals surface area contributed by atoms with E-state index in [4.69, 9.17) is 0 Å². The Labute approximate surface area is 170 Å². The van der Waals surface area contributed by atoms with Gasteiger partial charge in [0.1, 0.15) is 0 Å². The van der Waals surface area contributed by atoms with Crippen molar-refractivity contribution in [2.45, 2.75) is 31.8 Å². The van der Waals surface area contributed by atoms with Crippen LogP contribution >= 0.6 is 0 Å². The van der Waals surface area contributed by atoms with Crippen LogP contribution in [0.3, 0.4) is 0 Å². The quantitative estimate of drug-likeness (QED) is 0.470.